The highest BCUT2D eigenvalue weighted by Crippen LogP contribution is 2.37. The molecule has 2 rings (SSSR count). The molecule has 6 heteroatoms. The van der Waals surface area contributed by atoms with Crippen LogP contribution in [0.3, 0.4) is 0 Å². The Kier molecular flexibility index (Phi) is 4.94. The lowest BCUT2D eigenvalue weighted by atomic mass is 9.96. The molecule has 2 amide bonds. The summed E-state index contributed by atoms with van der Waals surface area (Å²) in [5, 5.41) is 6.02. The lowest BCUT2D eigenvalue weighted by molar-refractivity contribution is -0.125. The SMILES string of the molecule is COCCNC(=O)CN1C(=O)C(C)(C)Nc2cc(C)c(C)cc21. The highest BCUT2D eigenvalue weighted by molar-refractivity contribution is 6.10. The predicted molar refractivity (Wildman–Crippen MR) is 90.9 cm³/mol. The zero-order valence-electron chi connectivity index (χ0n) is 14.4. The van der Waals surface area contributed by atoms with E-state index in [1.54, 1.807) is 12.0 Å². The van der Waals surface area contributed by atoms with Gasteiger partial charge in [-0.15, -0.1) is 0 Å². The molecule has 0 unspecified atom stereocenters. The van der Waals surface area contributed by atoms with Gasteiger partial charge < -0.3 is 15.4 Å². The summed E-state index contributed by atoms with van der Waals surface area (Å²) in [4.78, 5) is 26.4. The number of benzene rings is 1. The molecule has 6 nitrogen and oxygen atoms in total. The number of hydrogen-bond acceptors (Lipinski definition) is 4. The van der Waals surface area contributed by atoms with Gasteiger partial charge in [-0.2, -0.15) is 0 Å². The Morgan fingerprint density at radius 2 is 1.96 bits per heavy atom. The Labute approximate surface area is 137 Å². The minimum Gasteiger partial charge on any atom is -0.383 e. The van der Waals surface area contributed by atoms with Gasteiger partial charge in [-0.1, -0.05) is 0 Å². The first kappa shape index (κ1) is 17.3. The molecule has 0 radical (unpaired) electrons. The van der Waals surface area contributed by atoms with Gasteiger partial charge in [-0.25, -0.2) is 0 Å². The highest BCUT2D eigenvalue weighted by Gasteiger charge is 2.39. The molecule has 1 aliphatic heterocycles. The first-order chi connectivity index (χ1) is 10.8. The minimum absolute atomic E-state index is 0.00313. The molecule has 0 fully saturated rings. The van der Waals surface area contributed by atoms with Crippen LogP contribution < -0.4 is 15.5 Å². The van der Waals surface area contributed by atoms with Crippen LogP contribution in [-0.4, -0.2) is 44.2 Å². The predicted octanol–water partition coefficient (Wildman–Crippen LogP) is 1.60. The topological polar surface area (TPSA) is 70.7 Å². The van der Waals surface area contributed by atoms with Crippen molar-refractivity contribution in [3.63, 3.8) is 0 Å². The second-order valence-electron chi connectivity index (χ2n) is 6.44. The van der Waals surface area contributed by atoms with Crippen LogP contribution in [0.4, 0.5) is 11.4 Å². The van der Waals surface area contributed by atoms with Crippen molar-refractivity contribution >= 4 is 23.2 Å². The lowest BCUT2D eigenvalue weighted by Crippen LogP contribution is -2.56. The monoisotopic (exact) mass is 319 g/mol. The second kappa shape index (κ2) is 6.58. The maximum absolute atomic E-state index is 12.7. The number of rotatable bonds is 5. The van der Waals surface area contributed by atoms with Gasteiger partial charge in [0.1, 0.15) is 12.1 Å². The fraction of sp³-hybridized carbons (Fsp3) is 0.529. The molecule has 126 valence electrons. The fourth-order valence-electron chi connectivity index (χ4n) is 2.61. The van der Waals surface area contributed by atoms with Crippen molar-refractivity contribution in [2.45, 2.75) is 33.2 Å². The third-order valence-corrected chi connectivity index (χ3v) is 4.06. The van der Waals surface area contributed by atoms with E-state index in [-0.39, 0.29) is 18.4 Å². The normalized spacial score (nSPS) is 15.9. The largest absolute Gasteiger partial charge is 0.383 e. The summed E-state index contributed by atoms with van der Waals surface area (Å²) in [6.45, 7) is 8.55. The minimum atomic E-state index is -0.749. The van der Waals surface area contributed by atoms with Gasteiger partial charge in [0.2, 0.25) is 5.91 Å². The second-order valence-corrected chi connectivity index (χ2v) is 6.44. The quantitative estimate of drug-likeness (QED) is 0.809. The zero-order chi connectivity index (χ0) is 17.2. The molecule has 1 heterocycles. The molecule has 0 aliphatic carbocycles. The number of anilines is 2. The van der Waals surface area contributed by atoms with Crippen molar-refractivity contribution < 1.29 is 14.3 Å². The van der Waals surface area contributed by atoms with Crippen molar-refractivity contribution in [2.24, 2.45) is 0 Å². The van der Waals surface area contributed by atoms with Gasteiger partial charge in [0, 0.05) is 13.7 Å². The van der Waals surface area contributed by atoms with Crippen molar-refractivity contribution in [3.05, 3.63) is 23.3 Å². The van der Waals surface area contributed by atoms with Gasteiger partial charge in [0.25, 0.3) is 5.91 Å². The fourth-order valence-corrected chi connectivity index (χ4v) is 2.61. The Morgan fingerprint density at radius 1 is 1.30 bits per heavy atom. The number of carbonyl (C=O) groups is 2. The zero-order valence-corrected chi connectivity index (χ0v) is 14.4. The summed E-state index contributed by atoms with van der Waals surface area (Å²) >= 11 is 0. The summed E-state index contributed by atoms with van der Waals surface area (Å²) in [6, 6.07) is 3.97. The summed E-state index contributed by atoms with van der Waals surface area (Å²) in [7, 11) is 1.58. The Balaban J connectivity index is 2.29. The van der Waals surface area contributed by atoms with Crippen molar-refractivity contribution in [3.8, 4) is 0 Å². The third-order valence-electron chi connectivity index (χ3n) is 4.06. The third kappa shape index (κ3) is 3.64. The lowest BCUT2D eigenvalue weighted by Gasteiger charge is -2.40. The van der Waals surface area contributed by atoms with Crippen LogP contribution in [0.5, 0.6) is 0 Å². The summed E-state index contributed by atoms with van der Waals surface area (Å²) in [5.41, 5.74) is 3.11. The molecule has 1 aliphatic rings. The molecule has 0 saturated heterocycles. The molecule has 1 aromatic rings. The summed E-state index contributed by atoms with van der Waals surface area (Å²) in [6.07, 6.45) is 0. The number of hydrogen-bond donors (Lipinski definition) is 2. The standard InChI is InChI=1S/C17H25N3O3/c1-11-8-13-14(9-12(11)2)20(16(22)17(3,4)19-13)10-15(21)18-6-7-23-5/h8-9,19H,6-7,10H2,1-5H3,(H,18,21). The molecule has 0 bridgehead atoms. The number of nitrogens with one attached hydrogen (secondary N) is 2. The first-order valence-electron chi connectivity index (χ1n) is 7.73. The van der Waals surface area contributed by atoms with E-state index >= 15 is 0 Å². The number of ether oxygens (including phenoxy) is 1. The molecule has 0 saturated carbocycles. The molecule has 23 heavy (non-hydrogen) atoms. The molecule has 0 atom stereocenters. The first-order valence-corrected chi connectivity index (χ1v) is 7.73. The van der Waals surface area contributed by atoms with Crippen molar-refractivity contribution in [2.75, 3.05) is 37.0 Å². The average molecular weight is 319 g/mol. The maximum atomic E-state index is 12.7. The van der Waals surface area contributed by atoms with Gasteiger partial charge in [-0.3, -0.25) is 14.5 Å². The van der Waals surface area contributed by atoms with E-state index in [1.165, 1.54) is 0 Å². The number of amides is 2. The van der Waals surface area contributed by atoms with Crippen molar-refractivity contribution in [1.29, 1.82) is 0 Å². The van der Waals surface area contributed by atoms with Crippen LogP contribution in [0.25, 0.3) is 0 Å². The van der Waals surface area contributed by atoms with E-state index in [2.05, 4.69) is 10.6 Å². The van der Waals surface area contributed by atoms with E-state index in [4.69, 9.17) is 4.74 Å². The van der Waals surface area contributed by atoms with Crippen LogP contribution in [-0.2, 0) is 14.3 Å². The molecule has 1 aromatic carbocycles. The number of carbonyl (C=O) groups excluding carboxylic acids is 2. The van der Waals surface area contributed by atoms with Gasteiger partial charge in [0.15, 0.2) is 0 Å². The van der Waals surface area contributed by atoms with E-state index in [9.17, 15) is 9.59 Å². The van der Waals surface area contributed by atoms with Crippen LogP contribution in [0.15, 0.2) is 12.1 Å². The highest BCUT2D eigenvalue weighted by atomic mass is 16.5. The number of fused-ring (bicyclic) bond motifs is 1. The van der Waals surface area contributed by atoms with Crippen LogP contribution in [0.2, 0.25) is 0 Å². The number of methoxy groups -OCH3 is 1. The van der Waals surface area contributed by atoms with Gasteiger partial charge in [-0.05, 0) is 51.0 Å². The van der Waals surface area contributed by atoms with Crippen LogP contribution in [0.1, 0.15) is 25.0 Å². The molecule has 0 aromatic heterocycles. The van der Waals surface area contributed by atoms with E-state index < -0.39 is 5.54 Å². The average Bonchev–Trinajstić information content (AvgIpc) is 2.46. The van der Waals surface area contributed by atoms with E-state index in [0.29, 0.717) is 13.2 Å². The summed E-state index contributed by atoms with van der Waals surface area (Å²) in [5.74, 6) is -0.313. The summed E-state index contributed by atoms with van der Waals surface area (Å²) < 4.78 is 4.92. The number of aryl methyl sites for hydroxylation is 2. The van der Waals surface area contributed by atoms with E-state index in [0.717, 1.165) is 22.5 Å². The van der Waals surface area contributed by atoms with Crippen LogP contribution in [0, 0.1) is 13.8 Å². The Hall–Kier alpha value is -2.08. The number of nitrogens with zero attached hydrogens (tertiary/aromatic N) is 1. The van der Waals surface area contributed by atoms with Crippen LogP contribution >= 0.6 is 0 Å². The van der Waals surface area contributed by atoms with Gasteiger partial charge in [0.05, 0.1) is 18.0 Å². The molecule has 2 N–H and O–H groups in total. The Morgan fingerprint density at radius 3 is 2.61 bits per heavy atom. The van der Waals surface area contributed by atoms with E-state index in [1.807, 2.05) is 39.8 Å². The molecular weight excluding hydrogens is 294 g/mol. The maximum Gasteiger partial charge on any atom is 0.252 e. The smallest absolute Gasteiger partial charge is 0.252 e. The molecule has 0 spiro atoms. The Bertz CT molecular complexity index is 626. The van der Waals surface area contributed by atoms with Crippen molar-refractivity contribution in [1.82, 2.24) is 5.32 Å². The molecular formula is C17H25N3O3. The van der Waals surface area contributed by atoms with Gasteiger partial charge >= 0.3 is 0 Å².